The summed E-state index contributed by atoms with van der Waals surface area (Å²) < 4.78 is 0. The second kappa shape index (κ2) is 11.9. The van der Waals surface area contributed by atoms with Crippen molar-refractivity contribution in [1.29, 1.82) is 5.26 Å². The number of anilines is 3. The standard InChI is InChI=1S/C30H34N4OS3/c1-18-9-12-21(13-10-18)32-29(36)33-22-7-6-8-23(16-22)37-19(2)27(35)34-28-25(17-31)24-14-11-20(30(3,4)5)15-26(24)38-28/h6-10,12-13,16,19-20H,11,14-15H2,1-5H3,(H,34,35)(H2,32,33,36). The Morgan fingerprint density at radius 1 is 1.13 bits per heavy atom. The monoisotopic (exact) mass is 562 g/mol. The van der Waals surface area contributed by atoms with Crippen LogP contribution in [0.15, 0.2) is 53.4 Å². The molecule has 0 aliphatic heterocycles. The molecule has 2 unspecified atom stereocenters. The van der Waals surface area contributed by atoms with Gasteiger partial charge in [-0.05, 0) is 92.6 Å². The van der Waals surface area contributed by atoms with Gasteiger partial charge in [-0.3, -0.25) is 4.79 Å². The Morgan fingerprint density at radius 2 is 1.84 bits per heavy atom. The number of thiophene rings is 1. The molecule has 0 spiro atoms. The molecule has 38 heavy (non-hydrogen) atoms. The molecule has 0 fully saturated rings. The van der Waals surface area contributed by atoms with Gasteiger partial charge < -0.3 is 16.0 Å². The van der Waals surface area contributed by atoms with Crippen molar-refractivity contribution in [2.45, 2.75) is 64.0 Å². The second-order valence-electron chi connectivity index (χ2n) is 10.8. The van der Waals surface area contributed by atoms with Gasteiger partial charge in [0.25, 0.3) is 0 Å². The lowest BCUT2D eigenvalue weighted by Crippen LogP contribution is -2.26. The van der Waals surface area contributed by atoms with E-state index in [1.54, 1.807) is 11.3 Å². The highest BCUT2D eigenvalue weighted by molar-refractivity contribution is 8.00. The highest BCUT2D eigenvalue weighted by Crippen LogP contribution is 2.44. The van der Waals surface area contributed by atoms with Crippen LogP contribution in [0.1, 0.15) is 55.7 Å². The van der Waals surface area contributed by atoms with Crippen LogP contribution in [-0.2, 0) is 17.6 Å². The van der Waals surface area contributed by atoms with Gasteiger partial charge in [-0.15, -0.1) is 23.1 Å². The molecule has 198 valence electrons. The predicted molar refractivity (Wildman–Crippen MR) is 165 cm³/mol. The van der Waals surface area contributed by atoms with E-state index in [1.165, 1.54) is 22.2 Å². The number of hydrogen-bond donors (Lipinski definition) is 3. The zero-order valence-corrected chi connectivity index (χ0v) is 24.9. The van der Waals surface area contributed by atoms with Crippen molar-refractivity contribution in [2.75, 3.05) is 16.0 Å². The Bertz CT molecular complexity index is 1370. The van der Waals surface area contributed by atoms with E-state index in [-0.39, 0.29) is 16.6 Å². The summed E-state index contributed by atoms with van der Waals surface area (Å²) >= 11 is 8.52. The van der Waals surface area contributed by atoms with E-state index >= 15 is 0 Å². The Hall–Kier alpha value is -2.86. The molecule has 0 bridgehead atoms. The summed E-state index contributed by atoms with van der Waals surface area (Å²) in [5.74, 6) is 0.478. The summed E-state index contributed by atoms with van der Waals surface area (Å²) in [5.41, 5.74) is 4.95. The largest absolute Gasteiger partial charge is 0.332 e. The number of nitriles is 1. The molecule has 1 aromatic heterocycles. The van der Waals surface area contributed by atoms with Crippen LogP contribution in [0.5, 0.6) is 0 Å². The summed E-state index contributed by atoms with van der Waals surface area (Å²) in [6, 6.07) is 18.2. The number of carbonyl (C=O) groups is 1. The van der Waals surface area contributed by atoms with E-state index in [0.29, 0.717) is 21.6 Å². The van der Waals surface area contributed by atoms with Crippen molar-refractivity contribution in [1.82, 2.24) is 0 Å². The van der Waals surface area contributed by atoms with Crippen molar-refractivity contribution >= 4 is 62.7 Å². The summed E-state index contributed by atoms with van der Waals surface area (Å²) in [5, 5.41) is 20.2. The Labute approximate surface area is 239 Å². The third-order valence-corrected chi connectivity index (χ3v) is 9.39. The molecule has 5 nitrogen and oxygen atoms in total. The minimum absolute atomic E-state index is 0.104. The van der Waals surface area contributed by atoms with Gasteiger partial charge >= 0.3 is 0 Å². The first kappa shape index (κ1) is 28.2. The van der Waals surface area contributed by atoms with E-state index in [2.05, 4.69) is 42.8 Å². The molecule has 2 aromatic carbocycles. The number of aryl methyl sites for hydroxylation is 1. The maximum atomic E-state index is 13.1. The topological polar surface area (TPSA) is 76.9 Å². The first-order valence-electron chi connectivity index (χ1n) is 12.8. The lowest BCUT2D eigenvalue weighted by atomic mass is 9.72. The fourth-order valence-corrected chi connectivity index (χ4v) is 7.02. The van der Waals surface area contributed by atoms with Crippen LogP contribution in [0.25, 0.3) is 0 Å². The molecule has 8 heteroatoms. The Morgan fingerprint density at radius 3 is 2.53 bits per heavy atom. The van der Waals surface area contributed by atoms with Gasteiger partial charge in [-0.25, -0.2) is 0 Å². The summed E-state index contributed by atoms with van der Waals surface area (Å²) in [6.45, 7) is 10.8. The molecule has 1 aliphatic carbocycles. The number of thioether (sulfide) groups is 1. The molecule has 0 radical (unpaired) electrons. The number of fused-ring (bicyclic) bond motifs is 1. The van der Waals surface area contributed by atoms with Crippen molar-refractivity contribution < 1.29 is 4.79 Å². The molecule has 3 N–H and O–H groups in total. The van der Waals surface area contributed by atoms with Crippen LogP contribution in [0, 0.1) is 29.6 Å². The quantitative estimate of drug-likeness (QED) is 0.209. The van der Waals surface area contributed by atoms with Crippen LogP contribution >= 0.6 is 35.3 Å². The minimum Gasteiger partial charge on any atom is -0.332 e. The van der Waals surface area contributed by atoms with Crippen molar-refractivity contribution in [3.8, 4) is 6.07 Å². The van der Waals surface area contributed by atoms with Gasteiger partial charge in [0.1, 0.15) is 11.1 Å². The van der Waals surface area contributed by atoms with Gasteiger partial charge in [-0.1, -0.05) is 44.5 Å². The summed E-state index contributed by atoms with van der Waals surface area (Å²) in [6.07, 6.45) is 2.95. The third-order valence-electron chi connectivity index (χ3n) is 6.92. The molecule has 0 saturated carbocycles. The van der Waals surface area contributed by atoms with Gasteiger partial charge in [0.05, 0.1) is 10.8 Å². The van der Waals surface area contributed by atoms with Gasteiger partial charge in [0.15, 0.2) is 5.11 Å². The zero-order chi connectivity index (χ0) is 27.4. The SMILES string of the molecule is Cc1ccc(NC(=S)Nc2cccc(SC(C)C(=O)Nc3sc4c(c3C#N)CCC(C(C)(C)C)C4)c2)cc1. The molecule has 2 atom stereocenters. The Kier molecular flexibility index (Phi) is 8.81. The average molecular weight is 563 g/mol. The van der Waals surface area contributed by atoms with E-state index < -0.39 is 0 Å². The maximum absolute atomic E-state index is 13.1. The van der Waals surface area contributed by atoms with Crippen LogP contribution < -0.4 is 16.0 Å². The van der Waals surface area contributed by atoms with Crippen LogP contribution in [-0.4, -0.2) is 16.3 Å². The summed E-state index contributed by atoms with van der Waals surface area (Å²) in [4.78, 5) is 15.3. The average Bonchev–Trinajstić information content (AvgIpc) is 3.21. The molecule has 1 heterocycles. The number of amides is 1. The molecule has 0 saturated heterocycles. The van der Waals surface area contributed by atoms with E-state index in [9.17, 15) is 10.1 Å². The first-order chi connectivity index (χ1) is 18.0. The van der Waals surface area contributed by atoms with Gasteiger partial charge in [0.2, 0.25) is 5.91 Å². The number of nitrogens with one attached hydrogen (secondary N) is 3. The highest BCUT2D eigenvalue weighted by Gasteiger charge is 2.32. The third kappa shape index (κ3) is 6.96. The van der Waals surface area contributed by atoms with Gasteiger partial charge in [0, 0.05) is 21.1 Å². The van der Waals surface area contributed by atoms with Crippen LogP contribution in [0.2, 0.25) is 0 Å². The number of thiocarbonyl (C=S) groups is 1. The first-order valence-corrected chi connectivity index (χ1v) is 14.9. The van der Waals surface area contributed by atoms with Crippen molar-refractivity contribution in [3.05, 3.63) is 70.1 Å². The number of benzene rings is 2. The van der Waals surface area contributed by atoms with Crippen LogP contribution in [0.4, 0.5) is 16.4 Å². The highest BCUT2D eigenvalue weighted by atomic mass is 32.2. The van der Waals surface area contributed by atoms with Crippen LogP contribution in [0.3, 0.4) is 0 Å². The molecule has 1 amide bonds. The lowest BCUT2D eigenvalue weighted by molar-refractivity contribution is -0.115. The van der Waals surface area contributed by atoms with Crippen molar-refractivity contribution in [2.24, 2.45) is 11.3 Å². The smallest absolute Gasteiger partial charge is 0.238 e. The zero-order valence-electron chi connectivity index (χ0n) is 22.5. The molecule has 3 aromatic rings. The number of hydrogen-bond acceptors (Lipinski definition) is 5. The van der Waals surface area contributed by atoms with Gasteiger partial charge in [-0.2, -0.15) is 5.26 Å². The number of carbonyl (C=O) groups excluding carboxylic acids is 1. The molecule has 4 rings (SSSR count). The normalized spacial score (nSPS) is 15.6. The Balaban J connectivity index is 1.38. The van der Waals surface area contributed by atoms with Crippen molar-refractivity contribution in [3.63, 3.8) is 0 Å². The fourth-order valence-electron chi connectivity index (χ4n) is 4.58. The minimum atomic E-state index is -0.337. The molecular weight excluding hydrogens is 529 g/mol. The fraction of sp³-hybridized carbons (Fsp3) is 0.367. The molecular formula is C30H34N4OS3. The number of nitrogens with zero attached hydrogens (tertiary/aromatic N) is 1. The maximum Gasteiger partial charge on any atom is 0.238 e. The second-order valence-corrected chi connectivity index (χ2v) is 13.8. The number of rotatable bonds is 6. The lowest BCUT2D eigenvalue weighted by Gasteiger charge is -2.33. The van der Waals surface area contributed by atoms with E-state index in [0.717, 1.165) is 41.1 Å². The summed E-state index contributed by atoms with van der Waals surface area (Å²) in [7, 11) is 0. The predicted octanol–water partition coefficient (Wildman–Crippen LogP) is 8.01. The van der Waals surface area contributed by atoms with E-state index in [1.807, 2.05) is 62.4 Å². The van der Waals surface area contributed by atoms with E-state index in [4.69, 9.17) is 12.2 Å². The molecule has 1 aliphatic rings.